The lowest BCUT2D eigenvalue weighted by atomic mass is 9.82. The molecule has 1 aliphatic rings. The Morgan fingerprint density at radius 2 is 1.95 bits per heavy atom. The first-order chi connectivity index (χ1) is 9.65. The van der Waals surface area contributed by atoms with Crippen LogP contribution >= 0.6 is 23.2 Å². The van der Waals surface area contributed by atoms with E-state index in [0.29, 0.717) is 15.6 Å². The molecule has 2 nitrogen and oxygen atoms in total. The van der Waals surface area contributed by atoms with Crippen LogP contribution in [0.3, 0.4) is 0 Å². The van der Waals surface area contributed by atoms with Gasteiger partial charge in [0.25, 0.3) is 0 Å². The fourth-order valence-corrected chi connectivity index (χ4v) is 3.29. The third kappa shape index (κ3) is 2.58. The van der Waals surface area contributed by atoms with Crippen molar-refractivity contribution in [2.24, 2.45) is 0 Å². The number of fused-ring (bicyclic) bond motifs is 1. The first-order valence-electron chi connectivity index (χ1n) is 6.59. The molecule has 1 unspecified atom stereocenters. The van der Waals surface area contributed by atoms with Gasteiger partial charge < -0.3 is 0 Å². The molecule has 0 aliphatic heterocycles. The van der Waals surface area contributed by atoms with Crippen LogP contribution in [0.4, 0.5) is 0 Å². The van der Waals surface area contributed by atoms with Gasteiger partial charge in [0.05, 0.1) is 11.6 Å². The van der Waals surface area contributed by atoms with E-state index in [2.05, 4.69) is 4.98 Å². The molecule has 102 valence electrons. The Morgan fingerprint density at radius 3 is 2.70 bits per heavy atom. The largest absolute Gasteiger partial charge is 0.293 e. The Kier molecular flexibility index (Phi) is 3.77. The van der Waals surface area contributed by atoms with E-state index in [1.54, 1.807) is 24.4 Å². The second-order valence-electron chi connectivity index (χ2n) is 5.01. The van der Waals surface area contributed by atoms with Gasteiger partial charge in [-0.25, -0.2) is 0 Å². The summed E-state index contributed by atoms with van der Waals surface area (Å²) in [5, 5.41) is 0.968. The topological polar surface area (TPSA) is 30.0 Å². The summed E-state index contributed by atoms with van der Waals surface area (Å²) in [7, 11) is 0. The molecule has 0 N–H and O–H groups in total. The normalized spacial score (nSPS) is 17.6. The van der Waals surface area contributed by atoms with E-state index in [0.717, 1.165) is 25.0 Å². The summed E-state index contributed by atoms with van der Waals surface area (Å²) in [6.45, 7) is 0. The number of hydrogen-bond donors (Lipinski definition) is 0. The summed E-state index contributed by atoms with van der Waals surface area (Å²) in [6, 6.07) is 8.95. The summed E-state index contributed by atoms with van der Waals surface area (Å²) in [4.78, 5) is 17.1. The van der Waals surface area contributed by atoms with Gasteiger partial charge in [-0.3, -0.25) is 9.78 Å². The number of hydrogen-bond acceptors (Lipinski definition) is 2. The summed E-state index contributed by atoms with van der Waals surface area (Å²) in [5.41, 5.74) is 2.64. The number of rotatable bonds is 2. The molecule has 0 amide bonds. The molecule has 0 spiro atoms. The number of ketones is 1. The van der Waals surface area contributed by atoms with Crippen molar-refractivity contribution in [1.82, 2.24) is 4.98 Å². The zero-order valence-corrected chi connectivity index (χ0v) is 12.3. The average molecular weight is 306 g/mol. The Bertz CT molecular complexity index is 649. The zero-order chi connectivity index (χ0) is 14.1. The highest BCUT2D eigenvalue weighted by Gasteiger charge is 2.28. The molecular formula is C16H13Cl2NO. The van der Waals surface area contributed by atoms with E-state index in [4.69, 9.17) is 23.2 Å². The number of aromatic nitrogens is 1. The number of nitrogens with zero attached hydrogens (tertiary/aromatic N) is 1. The van der Waals surface area contributed by atoms with Gasteiger partial charge >= 0.3 is 0 Å². The lowest BCUT2D eigenvalue weighted by molar-refractivity contribution is 0.0949. The summed E-state index contributed by atoms with van der Waals surface area (Å²) >= 11 is 12.0. The number of carbonyl (C=O) groups is 1. The summed E-state index contributed by atoms with van der Waals surface area (Å²) in [6.07, 6.45) is 4.56. The van der Waals surface area contributed by atoms with Crippen LogP contribution < -0.4 is 0 Å². The van der Waals surface area contributed by atoms with Crippen LogP contribution in [0, 0.1) is 0 Å². The SMILES string of the molecule is O=C(c1cc(Cl)cc(Cl)c1)C1CCCc2cccnc21. The maximum Gasteiger partial charge on any atom is 0.172 e. The van der Waals surface area contributed by atoms with Crippen molar-refractivity contribution in [2.75, 3.05) is 0 Å². The minimum absolute atomic E-state index is 0.0500. The second kappa shape index (κ2) is 5.55. The average Bonchev–Trinajstić information content (AvgIpc) is 2.45. The molecule has 1 heterocycles. The zero-order valence-electron chi connectivity index (χ0n) is 10.8. The van der Waals surface area contributed by atoms with Crippen LogP contribution in [-0.4, -0.2) is 10.8 Å². The minimum atomic E-state index is -0.186. The maximum absolute atomic E-state index is 12.7. The van der Waals surface area contributed by atoms with E-state index >= 15 is 0 Å². The molecule has 0 saturated heterocycles. The quantitative estimate of drug-likeness (QED) is 0.753. The second-order valence-corrected chi connectivity index (χ2v) is 5.89. The van der Waals surface area contributed by atoms with Gasteiger partial charge in [0.1, 0.15) is 0 Å². The van der Waals surface area contributed by atoms with E-state index in [1.807, 2.05) is 12.1 Å². The Balaban J connectivity index is 1.99. The Hall–Kier alpha value is -1.38. The molecule has 0 fully saturated rings. The fraction of sp³-hybridized carbons (Fsp3) is 0.250. The fourth-order valence-electron chi connectivity index (χ4n) is 2.76. The van der Waals surface area contributed by atoms with Crippen molar-refractivity contribution < 1.29 is 4.79 Å². The highest BCUT2D eigenvalue weighted by molar-refractivity contribution is 6.35. The van der Waals surface area contributed by atoms with Gasteiger partial charge in [0, 0.05) is 21.8 Å². The molecule has 0 radical (unpaired) electrons. The van der Waals surface area contributed by atoms with Crippen LogP contribution in [0.2, 0.25) is 10.0 Å². The van der Waals surface area contributed by atoms with E-state index in [1.165, 1.54) is 5.56 Å². The Morgan fingerprint density at radius 1 is 1.20 bits per heavy atom. The van der Waals surface area contributed by atoms with E-state index < -0.39 is 0 Å². The van der Waals surface area contributed by atoms with Crippen LogP contribution in [0.5, 0.6) is 0 Å². The molecular weight excluding hydrogens is 293 g/mol. The molecule has 1 aliphatic carbocycles. The molecule has 1 aromatic carbocycles. The molecule has 0 bridgehead atoms. The Labute approximate surface area is 127 Å². The first kappa shape index (κ1) is 13.6. The number of halogens is 2. The van der Waals surface area contributed by atoms with Crippen LogP contribution in [0.25, 0.3) is 0 Å². The van der Waals surface area contributed by atoms with Gasteiger partial charge in [0.15, 0.2) is 5.78 Å². The molecule has 3 rings (SSSR count). The molecule has 0 saturated carbocycles. The molecule has 1 atom stereocenters. The third-order valence-electron chi connectivity index (χ3n) is 3.66. The molecule has 4 heteroatoms. The minimum Gasteiger partial charge on any atom is -0.293 e. The molecule has 2 aromatic rings. The van der Waals surface area contributed by atoms with Crippen LogP contribution in [0.15, 0.2) is 36.5 Å². The monoisotopic (exact) mass is 305 g/mol. The maximum atomic E-state index is 12.7. The lowest BCUT2D eigenvalue weighted by Crippen LogP contribution is -2.20. The smallest absolute Gasteiger partial charge is 0.172 e. The highest BCUT2D eigenvalue weighted by Crippen LogP contribution is 2.33. The predicted octanol–water partition coefficient (Wildman–Crippen LogP) is 4.69. The van der Waals surface area contributed by atoms with Crippen LogP contribution in [-0.2, 0) is 6.42 Å². The molecule has 1 aromatic heterocycles. The number of benzene rings is 1. The summed E-state index contributed by atoms with van der Waals surface area (Å²) in [5.74, 6) is -0.136. The third-order valence-corrected chi connectivity index (χ3v) is 4.10. The van der Waals surface area contributed by atoms with E-state index in [-0.39, 0.29) is 11.7 Å². The van der Waals surface area contributed by atoms with Crippen molar-refractivity contribution in [2.45, 2.75) is 25.2 Å². The van der Waals surface area contributed by atoms with Gasteiger partial charge in [-0.2, -0.15) is 0 Å². The predicted molar refractivity (Wildman–Crippen MR) is 80.7 cm³/mol. The van der Waals surface area contributed by atoms with Crippen molar-refractivity contribution >= 4 is 29.0 Å². The van der Waals surface area contributed by atoms with Gasteiger partial charge in [-0.15, -0.1) is 0 Å². The number of carbonyl (C=O) groups excluding carboxylic acids is 1. The van der Waals surface area contributed by atoms with Gasteiger partial charge in [-0.1, -0.05) is 29.3 Å². The number of pyridine rings is 1. The van der Waals surface area contributed by atoms with Crippen molar-refractivity contribution in [3.05, 3.63) is 63.4 Å². The van der Waals surface area contributed by atoms with Crippen molar-refractivity contribution in [3.8, 4) is 0 Å². The number of Topliss-reactive ketones (excluding diaryl/α,β-unsaturated/α-hetero) is 1. The lowest BCUT2D eigenvalue weighted by Gasteiger charge is -2.23. The number of aryl methyl sites for hydroxylation is 1. The van der Waals surface area contributed by atoms with Crippen molar-refractivity contribution in [1.29, 1.82) is 0 Å². The van der Waals surface area contributed by atoms with Gasteiger partial charge in [-0.05, 0) is 49.1 Å². The highest BCUT2D eigenvalue weighted by atomic mass is 35.5. The summed E-state index contributed by atoms with van der Waals surface area (Å²) < 4.78 is 0. The van der Waals surface area contributed by atoms with E-state index in [9.17, 15) is 4.79 Å². The first-order valence-corrected chi connectivity index (χ1v) is 7.35. The van der Waals surface area contributed by atoms with Gasteiger partial charge in [0.2, 0.25) is 0 Å². The van der Waals surface area contributed by atoms with Crippen molar-refractivity contribution in [3.63, 3.8) is 0 Å². The van der Waals surface area contributed by atoms with Crippen LogP contribution in [0.1, 0.15) is 40.4 Å². The molecule has 20 heavy (non-hydrogen) atoms. The standard InChI is InChI=1S/C16H13Cl2NO/c17-12-7-11(8-13(18)9-12)16(20)14-5-1-3-10-4-2-6-19-15(10)14/h2,4,6-9,14H,1,3,5H2.